The highest BCUT2D eigenvalue weighted by molar-refractivity contribution is 6.28. The summed E-state index contributed by atoms with van der Waals surface area (Å²) in [6.07, 6.45) is -0.388. The number of rotatable bonds is 6. The van der Waals surface area contributed by atoms with Crippen molar-refractivity contribution in [3.8, 4) is 0 Å². The monoisotopic (exact) mass is 376 g/mol. The summed E-state index contributed by atoms with van der Waals surface area (Å²) in [5, 5.41) is 22.9. The number of carbonyl (C=O) groups excluding carboxylic acids is 3. The number of hydrogen-bond acceptors (Lipinski definition) is 6. The molecule has 0 aromatic heterocycles. The number of aliphatic hydroxyl groups excluding tert-OH is 2. The van der Waals surface area contributed by atoms with Crippen molar-refractivity contribution in [3.63, 3.8) is 0 Å². The van der Waals surface area contributed by atoms with E-state index >= 15 is 0 Å². The van der Waals surface area contributed by atoms with Crippen molar-refractivity contribution in [2.24, 2.45) is 0 Å². The fourth-order valence-electron chi connectivity index (χ4n) is 2.49. The average Bonchev–Trinajstić information content (AvgIpc) is 2.91. The predicted molar refractivity (Wildman–Crippen MR) is 97.9 cm³/mol. The fraction of sp³-hybridized carbons (Fsp3) is 0.421. The molecule has 8 nitrogen and oxygen atoms in total. The van der Waals surface area contributed by atoms with Gasteiger partial charge in [0.1, 0.15) is 11.7 Å². The van der Waals surface area contributed by atoms with E-state index in [1.807, 2.05) is 0 Å². The molecule has 2 unspecified atom stereocenters. The smallest absolute Gasteiger partial charge is 0.407 e. The molecule has 0 saturated heterocycles. The van der Waals surface area contributed by atoms with Crippen molar-refractivity contribution in [3.05, 3.63) is 42.0 Å². The molecular formula is C19H24N2O6. The van der Waals surface area contributed by atoms with Gasteiger partial charge in [-0.25, -0.2) is 9.69 Å². The molecule has 3 N–H and O–H groups in total. The lowest BCUT2D eigenvalue weighted by Crippen LogP contribution is -2.34. The lowest BCUT2D eigenvalue weighted by atomic mass is 10.0. The number of anilines is 1. The molecular weight excluding hydrogens is 352 g/mol. The van der Waals surface area contributed by atoms with Crippen LogP contribution in [0.1, 0.15) is 38.9 Å². The van der Waals surface area contributed by atoms with Gasteiger partial charge in [-0.05, 0) is 44.9 Å². The van der Waals surface area contributed by atoms with E-state index in [1.165, 1.54) is 36.4 Å². The highest BCUT2D eigenvalue weighted by Gasteiger charge is 2.26. The number of benzene rings is 1. The van der Waals surface area contributed by atoms with Crippen LogP contribution in [-0.4, -0.2) is 46.4 Å². The first-order chi connectivity index (χ1) is 12.6. The number of alkyl carbamates (subject to hydrolysis) is 1. The van der Waals surface area contributed by atoms with Gasteiger partial charge in [-0.3, -0.25) is 9.59 Å². The predicted octanol–water partition coefficient (Wildman–Crippen LogP) is 1.43. The Kier molecular flexibility index (Phi) is 6.35. The van der Waals surface area contributed by atoms with Gasteiger partial charge in [0, 0.05) is 18.7 Å². The second kappa shape index (κ2) is 8.32. The zero-order valence-corrected chi connectivity index (χ0v) is 15.5. The molecule has 0 fully saturated rings. The van der Waals surface area contributed by atoms with Crippen LogP contribution in [0, 0.1) is 0 Å². The van der Waals surface area contributed by atoms with E-state index in [2.05, 4.69) is 5.32 Å². The molecule has 8 heteroatoms. The van der Waals surface area contributed by atoms with Crippen LogP contribution in [0.5, 0.6) is 0 Å². The molecule has 0 saturated carbocycles. The number of nitrogens with one attached hydrogen (secondary N) is 1. The summed E-state index contributed by atoms with van der Waals surface area (Å²) in [7, 11) is 0. The molecule has 2 rings (SSSR count). The van der Waals surface area contributed by atoms with Crippen molar-refractivity contribution in [2.75, 3.05) is 11.4 Å². The van der Waals surface area contributed by atoms with Crippen molar-refractivity contribution in [1.82, 2.24) is 5.32 Å². The first kappa shape index (κ1) is 20.6. The number of aliphatic hydroxyl groups is 2. The average molecular weight is 376 g/mol. The van der Waals surface area contributed by atoms with E-state index in [1.54, 1.807) is 20.8 Å². The Balaban J connectivity index is 1.87. The van der Waals surface area contributed by atoms with Gasteiger partial charge >= 0.3 is 6.09 Å². The van der Waals surface area contributed by atoms with E-state index in [-0.39, 0.29) is 13.0 Å². The molecule has 0 spiro atoms. The molecule has 27 heavy (non-hydrogen) atoms. The van der Waals surface area contributed by atoms with Crippen molar-refractivity contribution < 1.29 is 29.3 Å². The number of imide groups is 1. The molecule has 0 radical (unpaired) electrons. The molecule has 146 valence electrons. The lowest BCUT2D eigenvalue weighted by Gasteiger charge is -2.21. The highest BCUT2D eigenvalue weighted by Crippen LogP contribution is 2.24. The maximum atomic E-state index is 11.7. The Labute approximate surface area is 157 Å². The maximum Gasteiger partial charge on any atom is 0.407 e. The Morgan fingerprint density at radius 2 is 1.67 bits per heavy atom. The topological polar surface area (TPSA) is 116 Å². The third-order valence-corrected chi connectivity index (χ3v) is 3.77. The summed E-state index contributed by atoms with van der Waals surface area (Å²) in [6.45, 7) is 5.37. The molecule has 1 aliphatic heterocycles. The van der Waals surface area contributed by atoms with Crippen molar-refractivity contribution in [2.45, 2.75) is 45.0 Å². The molecule has 0 aliphatic carbocycles. The summed E-state index contributed by atoms with van der Waals surface area (Å²) >= 11 is 0. The van der Waals surface area contributed by atoms with E-state index in [9.17, 15) is 24.6 Å². The second-order valence-corrected chi connectivity index (χ2v) is 7.17. The zero-order valence-electron chi connectivity index (χ0n) is 15.5. The van der Waals surface area contributed by atoms with Crippen molar-refractivity contribution in [1.29, 1.82) is 0 Å². The van der Waals surface area contributed by atoms with Gasteiger partial charge < -0.3 is 20.3 Å². The Bertz CT molecular complexity index is 718. The van der Waals surface area contributed by atoms with Crippen molar-refractivity contribution >= 4 is 23.6 Å². The minimum atomic E-state index is -1.18. The third-order valence-electron chi connectivity index (χ3n) is 3.77. The molecule has 3 amide bonds. The number of hydrogen-bond donors (Lipinski definition) is 3. The summed E-state index contributed by atoms with van der Waals surface area (Å²) in [5.41, 5.74) is 0.194. The van der Waals surface area contributed by atoms with Crippen LogP contribution >= 0.6 is 0 Å². The molecule has 2 atom stereocenters. The van der Waals surface area contributed by atoms with Crippen LogP contribution in [0.4, 0.5) is 10.5 Å². The molecule has 1 aromatic carbocycles. The van der Waals surface area contributed by atoms with Gasteiger partial charge in [0.15, 0.2) is 0 Å². The SMILES string of the molecule is CC(C)(C)OC(=O)NCCC(O)C(O)c1ccc(N2C(=O)C=CC2=O)cc1. The minimum absolute atomic E-state index is 0.120. The van der Waals surface area contributed by atoms with Gasteiger partial charge in [-0.1, -0.05) is 12.1 Å². The molecule has 0 bridgehead atoms. The summed E-state index contributed by atoms with van der Waals surface area (Å²) < 4.78 is 5.08. The second-order valence-electron chi connectivity index (χ2n) is 7.17. The van der Waals surface area contributed by atoms with Gasteiger partial charge in [0.05, 0.1) is 11.8 Å². The highest BCUT2D eigenvalue weighted by atomic mass is 16.6. The number of amides is 3. The minimum Gasteiger partial charge on any atom is -0.444 e. The summed E-state index contributed by atoms with van der Waals surface area (Å²) in [5.74, 6) is -0.858. The van der Waals surface area contributed by atoms with Crippen LogP contribution in [0.15, 0.2) is 36.4 Å². The van der Waals surface area contributed by atoms with Crippen LogP contribution in [0.25, 0.3) is 0 Å². The van der Waals surface area contributed by atoms with E-state index in [0.29, 0.717) is 11.3 Å². The van der Waals surface area contributed by atoms with Crippen LogP contribution in [0.2, 0.25) is 0 Å². The molecule has 1 heterocycles. The normalized spacial score (nSPS) is 16.4. The Morgan fingerprint density at radius 3 is 2.19 bits per heavy atom. The van der Waals surface area contributed by atoms with Crippen LogP contribution < -0.4 is 10.2 Å². The summed E-state index contributed by atoms with van der Waals surface area (Å²) in [4.78, 5) is 35.9. The quantitative estimate of drug-likeness (QED) is 0.647. The molecule has 1 aliphatic rings. The van der Waals surface area contributed by atoms with E-state index in [4.69, 9.17) is 4.74 Å². The van der Waals surface area contributed by atoms with Gasteiger partial charge in [-0.15, -0.1) is 0 Å². The van der Waals surface area contributed by atoms with Gasteiger partial charge in [0.25, 0.3) is 11.8 Å². The number of carbonyl (C=O) groups is 3. The number of ether oxygens (including phenoxy) is 1. The Hall–Kier alpha value is -2.71. The maximum absolute atomic E-state index is 11.7. The first-order valence-electron chi connectivity index (χ1n) is 8.57. The largest absolute Gasteiger partial charge is 0.444 e. The first-order valence-corrected chi connectivity index (χ1v) is 8.57. The zero-order chi connectivity index (χ0) is 20.2. The van der Waals surface area contributed by atoms with Gasteiger partial charge in [-0.2, -0.15) is 0 Å². The van der Waals surface area contributed by atoms with Gasteiger partial charge in [0.2, 0.25) is 0 Å². The fourth-order valence-corrected chi connectivity index (χ4v) is 2.49. The van der Waals surface area contributed by atoms with E-state index < -0.39 is 35.7 Å². The lowest BCUT2D eigenvalue weighted by molar-refractivity contribution is -0.119. The standard InChI is InChI=1S/C19H24N2O6/c1-19(2,3)27-18(26)20-11-10-14(22)17(25)12-4-6-13(7-5-12)21-15(23)8-9-16(21)24/h4-9,14,17,22,25H,10-11H2,1-3H3,(H,20,26). The Morgan fingerprint density at radius 1 is 1.11 bits per heavy atom. The number of nitrogens with zero attached hydrogens (tertiary/aromatic N) is 1. The van der Waals surface area contributed by atoms with E-state index in [0.717, 1.165) is 4.90 Å². The summed E-state index contributed by atoms with van der Waals surface area (Å²) in [6, 6.07) is 6.10. The van der Waals surface area contributed by atoms with Crippen LogP contribution in [0.3, 0.4) is 0 Å². The van der Waals surface area contributed by atoms with Crippen LogP contribution in [-0.2, 0) is 14.3 Å². The third kappa shape index (κ3) is 5.63. The molecule has 1 aromatic rings.